The molecule has 15 nitrogen and oxygen atoms in total. The van der Waals surface area contributed by atoms with Crippen molar-refractivity contribution in [3.63, 3.8) is 0 Å². The Morgan fingerprint density at radius 3 is 0.792 bits per heavy atom. The Hall–Kier alpha value is -4.77. The molecule has 0 radical (unpaired) electrons. The molecule has 1 heterocycles. The van der Waals surface area contributed by atoms with Crippen molar-refractivity contribution in [1.29, 1.82) is 0 Å². The molecule has 0 atom stereocenters. The van der Waals surface area contributed by atoms with Crippen LogP contribution in [-0.2, 0) is 0 Å². The maximum atomic E-state index is 11.1. The zero-order valence-corrected chi connectivity index (χ0v) is 28.9. The average Bonchev–Trinajstić information content (AvgIpc) is 3.02. The lowest BCUT2D eigenvalue weighted by Gasteiger charge is -2.32. The molecule has 48 heavy (non-hydrogen) atoms. The highest BCUT2D eigenvalue weighted by molar-refractivity contribution is 5.77. The van der Waals surface area contributed by atoms with Crippen molar-refractivity contribution in [1.82, 2.24) is 15.0 Å². The Labute approximate surface area is 280 Å². The summed E-state index contributed by atoms with van der Waals surface area (Å²) in [5.74, 6) is 0.471. The van der Waals surface area contributed by atoms with Gasteiger partial charge in [-0.05, 0) is 96.1 Å². The van der Waals surface area contributed by atoms with E-state index in [1.54, 1.807) is 54.6 Å². The normalized spacial score (nSPS) is 11.8. The minimum atomic E-state index is -0.695. The van der Waals surface area contributed by atoms with Gasteiger partial charge in [0.2, 0.25) is 0 Å². The lowest BCUT2D eigenvalue weighted by atomic mass is 10.1. The molecule has 3 aromatic carbocycles. The van der Waals surface area contributed by atoms with Crippen LogP contribution in [-0.4, -0.2) is 85.5 Å². The SMILES string of the molecule is CN(O)c1cc(-c2nc(-c3cc(N(C)O)cc(N(O)C(C)(C)C)c3)nc(-c3cc(N(C)O)cc(N(O)C(C)(C)C)c3)n2)cc(N(C)O)c1. The van der Waals surface area contributed by atoms with Gasteiger partial charge in [-0.2, -0.15) is 0 Å². The van der Waals surface area contributed by atoms with E-state index in [-0.39, 0.29) is 17.5 Å². The number of anilines is 6. The second kappa shape index (κ2) is 13.4. The van der Waals surface area contributed by atoms with Gasteiger partial charge in [-0.1, -0.05) is 0 Å². The second-order valence-corrected chi connectivity index (χ2v) is 13.6. The summed E-state index contributed by atoms with van der Waals surface area (Å²) in [6.07, 6.45) is 0. The summed E-state index contributed by atoms with van der Waals surface area (Å²) in [5.41, 5.74) is 1.94. The molecule has 0 fully saturated rings. The molecule has 4 rings (SSSR count). The third-order valence-corrected chi connectivity index (χ3v) is 7.37. The Balaban J connectivity index is 2.09. The van der Waals surface area contributed by atoms with E-state index in [2.05, 4.69) is 0 Å². The number of hydrogen-bond acceptors (Lipinski definition) is 15. The maximum absolute atomic E-state index is 11.1. The summed E-state index contributed by atoms with van der Waals surface area (Å²) in [4.78, 5) is 14.3. The fourth-order valence-corrected chi connectivity index (χ4v) is 4.70. The Bertz CT molecular complexity index is 1650. The largest absolute Gasteiger partial charge is 0.289 e. The fourth-order valence-electron chi connectivity index (χ4n) is 4.70. The van der Waals surface area contributed by atoms with Gasteiger partial charge < -0.3 is 0 Å². The van der Waals surface area contributed by atoms with Crippen LogP contribution in [0.5, 0.6) is 0 Å². The first kappa shape index (κ1) is 36.1. The van der Waals surface area contributed by atoms with Gasteiger partial charge in [0.1, 0.15) is 0 Å². The molecule has 0 saturated heterocycles. The molecule has 4 aromatic rings. The predicted molar refractivity (Wildman–Crippen MR) is 185 cm³/mol. The molecule has 0 amide bonds. The third kappa shape index (κ3) is 8.02. The van der Waals surface area contributed by atoms with Gasteiger partial charge in [0.05, 0.1) is 45.2 Å². The number of nitrogens with zero attached hydrogens (tertiary/aromatic N) is 9. The highest BCUT2D eigenvalue weighted by Crippen LogP contribution is 2.36. The van der Waals surface area contributed by atoms with E-state index in [0.717, 1.165) is 30.4 Å². The minimum Gasteiger partial charge on any atom is -0.289 e. The van der Waals surface area contributed by atoms with E-state index in [1.807, 2.05) is 41.5 Å². The summed E-state index contributed by atoms with van der Waals surface area (Å²) < 4.78 is 0. The van der Waals surface area contributed by atoms with Crippen LogP contribution >= 0.6 is 0 Å². The number of benzene rings is 3. The van der Waals surface area contributed by atoms with Crippen LogP contribution in [0.3, 0.4) is 0 Å². The van der Waals surface area contributed by atoms with E-state index in [9.17, 15) is 31.2 Å². The van der Waals surface area contributed by atoms with Crippen LogP contribution in [0.4, 0.5) is 34.1 Å². The van der Waals surface area contributed by atoms with E-state index >= 15 is 0 Å². The zero-order chi connectivity index (χ0) is 35.9. The van der Waals surface area contributed by atoms with Crippen LogP contribution in [0.2, 0.25) is 0 Å². The van der Waals surface area contributed by atoms with Crippen molar-refractivity contribution < 1.29 is 31.2 Å². The van der Waals surface area contributed by atoms with E-state index in [1.165, 1.54) is 28.2 Å². The summed E-state index contributed by atoms with van der Waals surface area (Å²) in [5, 5.41) is 69.3. The number of hydrogen-bond donors (Lipinski definition) is 6. The Morgan fingerprint density at radius 1 is 0.375 bits per heavy atom. The monoisotopic (exact) mass is 663 g/mol. The van der Waals surface area contributed by atoms with Crippen molar-refractivity contribution in [3.8, 4) is 34.2 Å². The molecule has 0 bridgehead atoms. The lowest BCUT2D eigenvalue weighted by molar-refractivity contribution is 0.181. The second-order valence-electron chi connectivity index (χ2n) is 13.6. The first-order chi connectivity index (χ1) is 22.1. The maximum Gasteiger partial charge on any atom is 0.164 e. The predicted octanol–water partition coefficient (Wildman–Crippen LogP) is 6.16. The smallest absolute Gasteiger partial charge is 0.164 e. The van der Waals surface area contributed by atoms with Crippen molar-refractivity contribution in [3.05, 3.63) is 54.6 Å². The molecule has 15 heteroatoms. The quantitative estimate of drug-likeness (QED) is 0.112. The Kier molecular flexibility index (Phi) is 10.1. The molecule has 0 aliphatic rings. The fraction of sp³-hybridized carbons (Fsp3) is 0.364. The van der Waals surface area contributed by atoms with E-state index in [4.69, 9.17) is 15.0 Å². The Morgan fingerprint density at radius 2 is 0.583 bits per heavy atom. The van der Waals surface area contributed by atoms with Crippen LogP contribution in [0, 0.1) is 0 Å². The third-order valence-electron chi connectivity index (χ3n) is 7.37. The van der Waals surface area contributed by atoms with Gasteiger partial charge in [0.15, 0.2) is 17.5 Å². The molecule has 0 aliphatic carbocycles. The van der Waals surface area contributed by atoms with Gasteiger partial charge in [0, 0.05) is 44.9 Å². The van der Waals surface area contributed by atoms with E-state index < -0.39 is 11.1 Å². The van der Waals surface area contributed by atoms with Gasteiger partial charge >= 0.3 is 0 Å². The van der Waals surface area contributed by atoms with Crippen molar-refractivity contribution in [2.45, 2.75) is 52.6 Å². The van der Waals surface area contributed by atoms with Crippen LogP contribution in [0.25, 0.3) is 34.2 Å². The van der Waals surface area contributed by atoms with Gasteiger partial charge in [-0.25, -0.2) is 15.0 Å². The zero-order valence-electron chi connectivity index (χ0n) is 28.9. The number of aromatic nitrogens is 3. The van der Waals surface area contributed by atoms with Crippen LogP contribution in [0.15, 0.2) is 54.6 Å². The molecular formula is C33H45N9O6. The molecule has 258 valence electrons. The molecule has 0 aliphatic heterocycles. The summed E-state index contributed by atoms with van der Waals surface area (Å²) >= 11 is 0. The van der Waals surface area contributed by atoms with Crippen LogP contribution < -0.4 is 30.4 Å². The standard InChI is InChI=1S/C33H45N9O6/c1-32(2,3)41(47)27-15-21(13-25(18-27)39(9)45)30-34-29(20-11-23(37(7)43)17-24(12-20)38(8)44)35-31(36-30)22-14-26(40(10)46)19-28(16-22)42(48)33(4,5)6/h11-19,43-48H,1-10H3. The number of rotatable bonds is 9. The molecule has 0 unspecified atom stereocenters. The molecule has 1 aromatic heterocycles. The summed E-state index contributed by atoms with van der Waals surface area (Å²) in [6.45, 7) is 11.0. The summed E-state index contributed by atoms with van der Waals surface area (Å²) in [7, 11) is 5.77. The molecule has 0 saturated carbocycles. The first-order valence-electron chi connectivity index (χ1n) is 15.1. The van der Waals surface area contributed by atoms with Crippen molar-refractivity contribution >= 4 is 34.1 Å². The highest BCUT2D eigenvalue weighted by Gasteiger charge is 2.25. The number of hydroxylamine groups is 6. The average molecular weight is 664 g/mol. The molecule has 6 N–H and O–H groups in total. The molecule has 0 spiro atoms. The minimum absolute atomic E-state index is 0.156. The topological polar surface area (TPSA) is 179 Å². The van der Waals surface area contributed by atoms with Crippen molar-refractivity contribution in [2.75, 3.05) is 58.6 Å². The lowest BCUT2D eigenvalue weighted by Crippen LogP contribution is -2.38. The van der Waals surface area contributed by atoms with Gasteiger partial charge in [0.25, 0.3) is 0 Å². The highest BCUT2D eigenvalue weighted by atomic mass is 16.5. The molecular weight excluding hydrogens is 618 g/mol. The summed E-state index contributed by atoms with van der Waals surface area (Å²) in [6, 6.07) is 14.7. The van der Waals surface area contributed by atoms with Gasteiger partial charge in [-0.3, -0.25) is 61.6 Å². The first-order valence-corrected chi connectivity index (χ1v) is 15.1. The van der Waals surface area contributed by atoms with E-state index in [0.29, 0.717) is 50.8 Å². The van der Waals surface area contributed by atoms with Gasteiger partial charge in [-0.15, -0.1) is 0 Å². The van der Waals surface area contributed by atoms with Crippen LogP contribution in [0.1, 0.15) is 41.5 Å². The van der Waals surface area contributed by atoms with Crippen molar-refractivity contribution in [2.24, 2.45) is 0 Å².